The van der Waals surface area contributed by atoms with Crippen LogP contribution < -0.4 is 0 Å². The van der Waals surface area contributed by atoms with Gasteiger partial charge in [0.05, 0.1) is 24.7 Å². The first-order chi connectivity index (χ1) is 7.72. The molecule has 2 heterocycles. The van der Waals surface area contributed by atoms with E-state index in [4.69, 9.17) is 14.6 Å². The monoisotopic (exact) mass is 245 g/mol. The van der Waals surface area contributed by atoms with E-state index in [-0.39, 0.29) is 31.3 Å². The van der Waals surface area contributed by atoms with Crippen LogP contribution in [-0.2, 0) is 9.47 Å². The lowest BCUT2D eigenvalue weighted by Crippen LogP contribution is -2.29. The predicted molar refractivity (Wildman–Crippen MR) is 57.2 cm³/mol. The van der Waals surface area contributed by atoms with Gasteiger partial charge in [-0.2, -0.15) is 5.10 Å². The van der Waals surface area contributed by atoms with Crippen molar-refractivity contribution in [2.24, 2.45) is 5.92 Å². The molecule has 0 atom stereocenters. The number of nitrogens with one attached hydrogen (secondary N) is 1. The maximum absolute atomic E-state index is 10.6. The standard InChI is InChI=1S/C8H11N3O5.CH4/c12-2-5-3-15-8(16-4-5)7-6(11(13)14)1-9-10-7;/h1,5,8,12H,2-4H2,(H,9,10);1H4. The minimum Gasteiger partial charge on any atom is -0.396 e. The first kappa shape index (κ1) is 13.6. The second-order valence-electron chi connectivity index (χ2n) is 3.47. The van der Waals surface area contributed by atoms with E-state index in [1.165, 1.54) is 0 Å². The molecule has 1 aromatic heterocycles. The summed E-state index contributed by atoms with van der Waals surface area (Å²) >= 11 is 0. The number of aliphatic hydroxyl groups excluding tert-OH is 1. The molecule has 96 valence electrons. The fourth-order valence-electron chi connectivity index (χ4n) is 1.42. The van der Waals surface area contributed by atoms with Gasteiger partial charge in [-0.25, -0.2) is 0 Å². The molecule has 0 saturated carbocycles. The Morgan fingerprint density at radius 2 is 2.24 bits per heavy atom. The molecule has 1 saturated heterocycles. The SMILES string of the molecule is C.O=[N+]([O-])c1cn[nH]c1C1OCC(CO)CO1. The Hall–Kier alpha value is -1.51. The van der Waals surface area contributed by atoms with Crippen molar-refractivity contribution in [3.05, 3.63) is 22.0 Å². The highest BCUT2D eigenvalue weighted by atomic mass is 16.7. The lowest BCUT2D eigenvalue weighted by Gasteiger charge is -2.27. The van der Waals surface area contributed by atoms with Crippen molar-refractivity contribution in [1.29, 1.82) is 0 Å². The Morgan fingerprint density at radius 1 is 1.59 bits per heavy atom. The van der Waals surface area contributed by atoms with E-state index in [0.717, 1.165) is 6.20 Å². The topological polar surface area (TPSA) is 111 Å². The maximum Gasteiger partial charge on any atom is 0.315 e. The predicted octanol–water partition coefficient (Wildman–Crippen LogP) is 0.608. The van der Waals surface area contributed by atoms with Gasteiger partial charge in [-0.3, -0.25) is 15.2 Å². The van der Waals surface area contributed by atoms with Crippen molar-refractivity contribution in [2.45, 2.75) is 13.7 Å². The highest BCUT2D eigenvalue weighted by Crippen LogP contribution is 2.29. The maximum atomic E-state index is 10.6. The summed E-state index contributed by atoms with van der Waals surface area (Å²) in [5.41, 5.74) is 0.0360. The minimum absolute atomic E-state index is 0. The zero-order valence-corrected chi connectivity index (χ0v) is 8.33. The Balaban J connectivity index is 0.00000144. The van der Waals surface area contributed by atoms with E-state index in [0.29, 0.717) is 13.2 Å². The van der Waals surface area contributed by atoms with E-state index in [2.05, 4.69) is 10.2 Å². The van der Waals surface area contributed by atoms with Crippen molar-refractivity contribution in [2.75, 3.05) is 19.8 Å². The number of aliphatic hydroxyl groups is 1. The first-order valence-corrected chi connectivity index (χ1v) is 4.74. The Bertz CT molecular complexity index is 372. The van der Waals surface area contributed by atoms with Crippen LogP contribution >= 0.6 is 0 Å². The smallest absolute Gasteiger partial charge is 0.315 e. The number of rotatable bonds is 3. The van der Waals surface area contributed by atoms with Gasteiger partial charge < -0.3 is 14.6 Å². The molecule has 2 N–H and O–H groups in total. The Labute approximate surface area is 97.7 Å². The van der Waals surface area contributed by atoms with E-state index >= 15 is 0 Å². The molecule has 0 bridgehead atoms. The van der Waals surface area contributed by atoms with Crippen LogP contribution in [0.4, 0.5) is 5.69 Å². The van der Waals surface area contributed by atoms with E-state index in [1.807, 2.05) is 0 Å². The van der Waals surface area contributed by atoms with Crippen LogP contribution in [0.25, 0.3) is 0 Å². The molecule has 0 aliphatic carbocycles. The summed E-state index contributed by atoms with van der Waals surface area (Å²) in [6.45, 7) is 0.576. The first-order valence-electron chi connectivity index (χ1n) is 4.74. The fourth-order valence-corrected chi connectivity index (χ4v) is 1.42. The van der Waals surface area contributed by atoms with Crippen LogP contribution in [0.1, 0.15) is 19.4 Å². The largest absolute Gasteiger partial charge is 0.396 e. The fraction of sp³-hybridized carbons (Fsp3) is 0.667. The summed E-state index contributed by atoms with van der Waals surface area (Å²) in [5, 5.41) is 25.6. The number of H-pyrrole nitrogens is 1. The van der Waals surface area contributed by atoms with E-state index in [1.54, 1.807) is 0 Å². The molecule has 1 aromatic rings. The summed E-state index contributed by atoms with van der Waals surface area (Å²) in [7, 11) is 0. The molecular weight excluding hydrogens is 230 g/mol. The lowest BCUT2D eigenvalue weighted by atomic mass is 10.2. The third-order valence-corrected chi connectivity index (χ3v) is 2.30. The van der Waals surface area contributed by atoms with Gasteiger partial charge in [0, 0.05) is 5.92 Å². The van der Waals surface area contributed by atoms with Gasteiger partial charge in [-0.1, -0.05) is 7.43 Å². The lowest BCUT2D eigenvalue weighted by molar-refractivity contribution is -0.387. The highest BCUT2D eigenvalue weighted by Gasteiger charge is 2.30. The number of hydrogen-bond acceptors (Lipinski definition) is 6. The van der Waals surface area contributed by atoms with Crippen LogP contribution in [0, 0.1) is 16.0 Å². The third-order valence-electron chi connectivity index (χ3n) is 2.30. The number of ether oxygens (including phenoxy) is 2. The van der Waals surface area contributed by atoms with Crippen LogP contribution in [0.3, 0.4) is 0 Å². The normalized spacial score (nSPS) is 24.1. The summed E-state index contributed by atoms with van der Waals surface area (Å²) in [6.07, 6.45) is 0.297. The molecule has 0 unspecified atom stereocenters. The van der Waals surface area contributed by atoms with Crippen molar-refractivity contribution in [1.82, 2.24) is 10.2 Å². The molecule has 1 aliphatic rings. The summed E-state index contributed by atoms with van der Waals surface area (Å²) < 4.78 is 10.5. The minimum atomic E-state index is -0.814. The average molecular weight is 245 g/mol. The highest BCUT2D eigenvalue weighted by molar-refractivity contribution is 5.32. The number of aromatic nitrogens is 2. The quantitative estimate of drug-likeness (QED) is 0.596. The molecule has 1 aliphatic heterocycles. The van der Waals surface area contributed by atoms with Crippen LogP contribution in [-0.4, -0.2) is 40.0 Å². The van der Waals surface area contributed by atoms with Gasteiger partial charge in [0.25, 0.3) is 0 Å². The van der Waals surface area contributed by atoms with Crippen molar-refractivity contribution in [3.8, 4) is 0 Å². The second kappa shape index (κ2) is 5.71. The summed E-state index contributed by atoms with van der Waals surface area (Å²) in [5.74, 6) is -0.0850. The van der Waals surface area contributed by atoms with Crippen molar-refractivity contribution in [3.63, 3.8) is 0 Å². The average Bonchev–Trinajstić information content (AvgIpc) is 2.78. The zero-order valence-electron chi connectivity index (χ0n) is 8.33. The number of hydrogen-bond donors (Lipinski definition) is 2. The molecular formula is C9H15N3O5. The van der Waals surface area contributed by atoms with Gasteiger partial charge in [0.1, 0.15) is 6.20 Å². The molecule has 17 heavy (non-hydrogen) atoms. The van der Waals surface area contributed by atoms with Gasteiger partial charge in [-0.05, 0) is 0 Å². The van der Waals surface area contributed by atoms with E-state index in [9.17, 15) is 10.1 Å². The molecule has 1 fully saturated rings. The molecule has 0 spiro atoms. The van der Waals surface area contributed by atoms with Crippen molar-refractivity contribution >= 4 is 5.69 Å². The number of nitrogens with zero attached hydrogens (tertiary/aromatic N) is 2. The third kappa shape index (κ3) is 2.78. The Morgan fingerprint density at radius 3 is 2.76 bits per heavy atom. The number of aromatic amines is 1. The molecule has 0 amide bonds. The van der Waals surface area contributed by atoms with Crippen LogP contribution in [0.5, 0.6) is 0 Å². The zero-order chi connectivity index (χ0) is 11.5. The Kier molecular flexibility index (Phi) is 4.55. The van der Waals surface area contributed by atoms with Crippen LogP contribution in [0.15, 0.2) is 6.20 Å². The second-order valence-corrected chi connectivity index (χ2v) is 3.47. The molecule has 0 aromatic carbocycles. The van der Waals surface area contributed by atoms with Crippen molar-refractivity contribution < 1.29 is 19.5 Å². The molecule has 2 rings (SSSR count). The van der Waals surface area contributed by atoms with E-state index < -0.39 is 11.2 Å². The molecule has 8 nitrogen and oxygen atoms in total. The van der Waals surface area contributed by atoms with Gasteiger partial charge in [0.15, 0.2) is 5.69 Å². The summed E-state index contributed by atoms with van der Waals surface area (Å²) in [4.78, 5) is 10.1. The van der Waals surface area contributed by atoms with Crippen LogP contribution in [0.2, 0.25) is 0 Å². The number of nitro groups is 1. The van der Waals surface area contributed by atoms with Gasteiger partial charge in [0.2, 0.25) is 6.29 Å². The molecule has 8 heteroatoms. The summed E-state index contributed by atoms with van der Waals surface area (Å²) in [6, 6.07) is 0. The van der Waals surface area contributed by atoms with Gasteiger partial charge in [-0.15, -0.1) is 0 Å². The van der Waals surface area contributed by atoms with Gasteiger partial charge >= 0.3 is 5.69 Å². The molecule has 0 radical (unpaired) electrons.